The molecule has 0 aliphatic carbocycles. The molecule has 0 heterocycles. The van der Waals surface area contributed by atoms with Crippen LogP contribution < -0.4 is 27.4 Å². The minimum atomic E-state index is -1.68. The molecule has 4 amide bonds. The molecule has 0 spiro atoms. The zero-order valence-electron chi connectivity index (χ0n) is 19.8. The molecule has 0 radical (unpaired) electrons. The standard InChI is InChI=1S/C22H31N5O10/c23-13(5-8-18(31)32)19(33)26-15(9-11-1-3-12(29)4-2-11)21(35)25-14(6-7-17(24)30)20(34)27-16(10-28)22(36)37/h1-4,13-16,28-29H,5-10,23H2,(H2,24,30)(H,25,35)(H,26,33)(H,27,34)(H,31,32)(H,36,37). The number of phenols is 1. The molecular formula is C22H31N5O10. The van der Waals surface area contributed by atoms with Gasteiger partial charge in [0.05, 0.1) is 12.6 Å². The van der Waals surface area contributed by atoms with Gasteiger partial charge in [0.25, 0.3) is 0 Å². The van der Waals surface area contributed by atoms with Gasteiger partial charge in [0.2, 0.25) is 23.6 Å². The van der Waals surface area contributed by atoms with Crippen LogP contribution in [0.1, 0.15) is 31.2 Å². The number of aliphatic hydroxyl groups excluding tert-OH is 1. The number of carbonyl (C=O) groups excluding carboxylic acids is 4. The molecule has 15 nitrogen and oxygen atoms in total. The van der Waals surface area contributed by atoms with Crippen molar-refractivity contribution in [3.63, 3.8) is 0 Å². The Balaban J connectivity index is 3.13. The second-order valence-electron chi connectivity index (χ2n) is 8.12. The number of nitrogens with one attached hydrogen (secondary N) is 3. The molecule has 0 aliphatic heterocycles. The molecule has 0 aliphatic rings. The molecule has 0 bridgehead atoms. The van der Waals surface area contributed by atoms with Crippen LogP contribution in [0.15, 0.2) is 24.3 Å². The third-order valence-electron chi connectivity index (χ3n) is 5.12. The van der Waals surface area contributed by atoms with E-state index in [9.17, 15) is 33.9 Å². The fourth-order valence-electron chi connectivity index (χ4n) is 3.05. The van der Waals surface area contributed by atoms with Gasteiger partial charge in [-0.15, -0.1) is 0 Å². The van der Waals surface area contributed by atoms with Crippen molar-refractivity contribution < 1.29 is 49.2 Å². The van der Waals surface area contributed by atoms with Crippen molar-refractivity contribution in [2.24, 2.45) is 11.5 Å². The van der Waals surface area contributed by atoms with Gasteiger partial charge in [-0.25, -0.2) is 4.79 Å². The van der Waals surface area contributed by atoms with Gasteiger partial charge < -0.3 is 47.8 Å². The molecule has 4 unspecified atom stereocenters. The molecule has 204 valence electrons. The van der Waals surface area contributed by atoms with Gasteiger partial charge in [-0.3, -0.25) is 24.0 Å². The minimum absolute atomic E-state index is 0.0514. The maximum Gasteiger partial charge on any atom is 0.328 e. The van der Waals surface area contributed by atoms with E-state index >= 15 is 0 Å². The van der Waals surface area contributed by atoms with E-state index in [1.165, 1.54) is 24.3 Å². The molecule has 11 N–H and O–H groups in total. The number of benzene rings is 1. The molecule has 4 atom stereocenters. The Morgan fingerprint density at radius 1 is 0.784 bits per heavy atom. The topological polar surface area (TPSA) is 271 Å². The second kappa shape index (κ2) is 15.0. The third-order valence-corrected chi connectivity index (χ3v) is 5.12. The van der Waals surface area contributed by atoms with E-state index in [1.54, 1.807) is 0 Å². The van der Waals surface area contributed by atoms with Gasteiger partial charge in [0.1, 0.15) is 23.9 Å². The first-order valence-electron chi connectivity index (χ1n) is 11.1. The molecule has 15 heteroatoms. The van der Waals surface area contributed by atoms with Gasteiger partial charge in [-0.1, -0.05) is 12.1 Å². The minimum Gasteiger partial charge on any atom is -0.508 e. The van der Waals surface area contributed by atoms with Crippen LogP contribution in [0.5, 0.6) is 5.75 Å². The van der Waals surface area contributed by atoms with Gasteiger partial charge in [0, 0.05) is 19.3 Å². The summed E-state index contributed by atoms with van der Waals surface area (Å²) in [4.78, 5) is 71.4. The number of hydrogen-bond acceptors (Lipinski definition) is 9. The quantitative estimate of drug-likeness (QED) is 0.104. The van der Waals surface area contributed by atoms with E-state index < -0.39 is 72.8 Å². The first kappa shape index (κ1) is 30.8. The van der Waals surface area contributed by atoms with Crippen molar-refractivity contribution in [1.29, 1.82) is 0 Å². The van der Waals surface area contributed by atoms with E-state index in [4.69, 9.17) is 26.8 Å². The molecule has 1 aromatic rings. The van der Waals surface area contributed by atoms with Crippen LogP contribution in [0.2, 0.25) is 0 Å². The summed E-state index contributed by atoms with van der Waals surface area (Å²) in [7, 11) is 0. The molecule has 0 fully saturated rings. The number of aliphatic hydroxyl groups is 1. The average Bonchev–Trinajstić information content (AvgIpc) is 2.83. The predicted molar refractivity (Wildman–Crippen MR) is 126 cm³/mol. The molecule has 0 saturated heterocycles. The summed E-state index contributed by atoms with van der Waals surface area (Å²) in [5, 5.41) is 43.2. The Bertz CT molecular complexity index is 985. The zero-order chi connectivity index (χ0) is 28.1. The second-order valence-corrected chi connectivity index (χ2v) is 8.12. The van der Waals surface area contributed by atoms with Crippen molar-refractivity contribution in [2.45, 2.75) is 56.3 Å². The summed E-state index contributed by atoms with van der Waals surface area (Å²) < 4.78 is 0. The van der Waals surface area contributed by atoms with Crippen molar-refractivity contribution in [3.8, 4) is 5.75 Å². The number of carboxylic acids is 2. The van der Waals surface area contributed by atoms with Gasteiger partial charge in [-0.05, 0) is 30.5 Å². The van der Waals surface area contributed by atoms with Crippen molar-refractivity contribution in [1.82, 2.24) is 16.0 Å². The Hall–Kier alpha value is -4.24. The number of hydrogen-bond donors (Lipinski definition) is 9. The van der Waals surface area contributed by atoms with Gasteiger partial charge in [-0.2, -0.15) is 0 Å². The summed E-state index contributed by atoms with van der Waals surface area (Å²) >= 11 is 0. The molecule has 0 aromatic heterocycles. The number of phenolic OH excluding ortho intramolecular Hbond substituents is 1. The molecule has 1 rings (SSSR count). The number of carbonyl (C=O) groups is 6. The number of amides is 4. The number of aliphatic carboxylic acids is 2. The SMILES string of the molecule is NC(=O)CCC(NC(=O)C(Cc1ccc(O)cc1)NC(=O)C(N)CCC(=O)O)C(=O)NC(CO)C(=O)O. The van der Waals surface area contributed by atoms with Crippen molar-refractivity contribution >= 4 is 35.6 Å². The van der Waals surface area contributed by atoms with Crippen LogP contribution in [0.25, 0.3) is 0 Å². The van der Waals surface area contributed by atoms with Crippen LogP contribution in [-0.4, -0.2) is 86.8 Å². The Morgan fingerprint density at radius 2 is 1.32 bits per heavy atom. The summed E-state index contributed by atoms with van der Waals surface area (Å²) in [5.41, 5.74) is 11.3. The predicted octanol–water partition coefficient (Wildman–Crippen LogP) is -3.08. The summed E-state index contributed by atoms with van der Waals surface area (Å²) in [6, 6.07) is -0.118. The van der Waals surface area contributed by atoms with E-state index in [0.717, 1.165) is 0 Å². The Morgan fingerprint density at radius 3 is 1.84 bits per heavy atom. The lowest BCUT2D eigenvalue weighted by Crippen LogP contribution is -2.58. The molecule has 37 heavy (non-hydrogen) atoms. The number of rotatable bonds is 16. The van der Waals surface area contributed by atoms with Crippen LogP contribution in [-0.2, 0) is 35.2 Å². The van der Waals surface area contributed by atoms with Crippen LogP contribution in [0.4, 0.5) is 0 Å². The average molecular weight is 526 g/mol. The number of carboxylic acid groups (broad SMARTS) is 2. The lowest BCUT2D eigenvalue weighted by atomic mass is 10.0. The highest BCUT2D eigenvalue weighted by atomic mass is 16.4. The lowest BCUT2D eigenvalue weighted by Gasteiger charge is -2.25. The van der Waals surface area contributed by atoms with E-state index in [2.05, 4.69) is 10.6 Å². The summed E-state index contributed by atoms with van der Waals surface area (Å²) in [6.07, 6.45) is -1.42. The maximum atomic E-state index is 13.1. The Kier molecular flexibility index (Phi) is 12.5. The van der Waals surface area contributed by atoms with Crippen LogP contribution in [0.3, 0.4) is 0 Å². The lowest BCUT2D eigenvalue weighted by molar-refractivity contribution is -0.143. The van der Waals surface area contributed by atoms with Crippen molar-refractivity contribution in [2.75, 3.05) is 6.61 Å². The summed E-state index contributed by atoms with van der Waals surface area (Å²) in [5.74, 6) is -6.34. The fraction of sp³-hybridized carbons (Fsp3) is 0.455. The number of aromatic hydroxyl groups is 1. The first-order valence-corrected chi connectivity index (χ1v) is 11.1. The smallest absolute Gasteiger partial charge is 0.328 e. The monoisotopic (exact) mass is 525 g/mol. The third kappa shape index (κ3) is 11.4. The zero-order valence-corrected chi connectivity index (χ0v) is 19.8. The molecule has 0 saturated carbocycles. The van der Waals surface area contributed by atoms with Crippen LogP contribution >= 0.6 is 0 Å². The maximum absolute atomic E-state index is 13.1. The molecule has 1 aromatic carbocycles. The van der Waals surface area contributed by atoms with Crippen molar-refractivity contribution in [3.05, 3.63) is 29.8 Å². The van der Waals surface area contributed by atoms with E-state index in [0.29, 0.717) is 5.56 Å². The largest absolute Gasteiger partial charge is 0.508 e. The Labute approximate surface area is 211 Å². The fourth-order valence-corrected chi connectivity index (χ4v) is 3.05. The highest BCUT2D eigenvalue weighted by Gasteiger charge is 2.30. The highest BCUT2D eigenvalue weighted by Crippen LogP contribution is 2.12. The number of primary amides is 1. The van der Waals surface area contributed by atoms with Crippen LogP contribution in [0, 0.1) is 0 Å². The van der Waals surface area contributed by atoms with E-state index in [1.807, 2.05) is 5.32 Å². The first-order chi connectivity index (χ1) is 17.3. The van der Waals surface area contributed by atoms with Gasteiger partial charge >= 0.3 is 11.9 Å². The normalized spacial score (nSPS) is 13.9. The van der Waals surface area contributed by atoms with Gasteiger partial charge in [0.15, 0.2) is 0 Å². The molecular weight excluding hydrogens is 494 g/mol. The van der Waals surface area contributed by atoms with E-state index in [-0.39, 0.29) is 31.4 Å². The highest BCUT2D eigenvalue weighted by molar-refractivity contribution is 5.94. The summed E-state index contributed by atoms with van der Waals surface area (Å²) in [6.45, 7) is -0.939. The number of nitrogens with two attached hydrogens (primary N) is 2.